The molecule has 1 amide bonds. The molecule has 34 heavy (non-hydrogen) atoms. The van der Waals surface area contributed by atoms with E-state index >= 15 is 0 Å². The van der Waals surface area contributed by atoms with E-state index in [4.69, 9.17) is 14.2 Å². The normalized spacial score (nSPS) is 24.1. The maximum absolute atomic E-state index is 14.5. The number of sulfone groups is 1. The van der Waals surface area contributed by atoms with Crippen molar-refractivity contribution in [2.75, 3.05) is 6.26 Å². The van der Waals surface area contributed by atoms with Crippen molar-refractivity contribution in [3.63, 3.8) is 0 Å². The molecule has 3 aliphatic rings. The summed E-state index contributed by atoms with van der Waals surface area (Å²) in [5.41, 5.74) is 0.473. The second kappa shape index (κ2) is 8.68. The maximum atomic E-state index is 14.5. The van der Waals surface area contributed by atoms with E-state index in [0.29, 0.717) is 17.9 Å². The third-order valence-electron chi connectivity index (χ3n) is 6.80. The molecule has 1 aromatic heterocycles. The molecule has 3 heterocycles. The number of halogens is 1. The fourth-order valence-corrected chi connectivity index (χ4v) is 5.35. The van der Waals surface area contributed by atoms with E-state index in [1.165, 1.54) is 18.5 Å². The highest BCUT2D eigenvalue weighted by atomic mass is 32.2. The van der Waals surface area contributed by atoms with Crippen molar-refractivity contribution < 1.29 is 31.8 Å². The third-order valence-corrected chi connectivity index (χ3v) is 7.91. The van der Waals surface area contributed by atoms with Crippen LogP contribution in [0.15, 0.2) is 29.4 Å². The van der Waals surface area contributed by atoms with Gasteiger partial charge in [-0.1, -0.05) is 0 Å². The zero-order chi connectivity index (χ0) is 24.0. The first kappa shape index (κ1) is 22.8. The molecule has 1 aromatic carbocycles. The summed E-state index contributed by atoms with van der Waals surface area (Å²) in [4.78, 5) is 22.6. The van der Waals surface area contributed by atoms with Gasteiger partial charge in [-0.05, 0) is 57.2 Å². The van der Waals surface area contributed by atoms with Crippen molar-refractivity contribution in [1.29, 1.82) is 0 Å². The summed E-state index contributed by atoms with van der Waals surface area (Å²) in [5, 5.41) is 0. The first-order chi connectivity index (χ1) is 16.2. The summed E-state index contributed by atoms with van der Waals surface area (Å²) in [5.74, 6) is -0.592. The predicted molar refractivity (Wildman–Crippen MR) is 118 cm³/mol. The van der Waals surface area contributed by atoms with Gasteiger partial charge in [0.1, 0.15) is 18.5 Å². The standard InChI is InChI=1S/C23H26FN3O6S/c1-13-21(32-19-9-7-16(11-17(19)24)34(2,29)30)25-12-26-22(13)33-20-10-14-6-8-18(20)27(14)23(28)31-15-4-3-5-15/h7,9,11-12,14-15,18,20H,3-6,8,10H2,1-2H3. The lowest BCUT2D eigenvalue weighted by atomic mass is 9.96. The predicted octanol–water partition coefficient (Wildman–Crippen LogP) is 3.79. The quantitative estimate of drug-likeness (QED) is 0.601. The minimum Gasteiger partial charge on any atom is -0.472 e. The number of rotatable bonds is 6. The fraction of sp³-hybridized carbons (Fsp3) is 0.522. The van der Waals surface area contributed by atoms with E-state index < -0.39 is 15.7 Å². The first-order valence-electron chi connectivity index (χ1n) is 11.4. The average Bonchev–Trinajstić information content (AvgIpc) is 3.32. The number of hydrogen-bond acceptors (Lipinski definition) is 8. The zero-order valence-electron chi connectivity index (χ0n) is 18.9. The molecule has 2 bridgehead atoms. The number of aromatic nitrogens is 2. The Morgan fingerprint density at radius 2 is 1.91 bits per heavy atom. The van der Waals surface area contributed by atoms with Crippen LogP contribution in [0.5, 0.6) is 17.5 Å². The lowest BCUT2D eigenvalue weighted by Crippen LogP contribution is -2.42. The first-order valence-corrected chi connectivity index (χ1v) is 13.2. The van der Waals surface area contributed by atoms with Gasteiger partial charge in [0, 0.05) is 18.7 Å². The molecule has 3 fully saturated rings. The Kier molecular flexibility index (Phi) is 5.83. The Bertz CT molecular complexity index is 1220. The van der Waals surface area contributed by atoms with Gasteiger partial charge in [-0.25, -0.2) is 27.6 Å². The zero-order valence-corrected chi connectivity index (χ0v) is 19.8. The van der Waals surface area contributed by atoms with Gasteiger partial charge in [-0.15, -0.1) is 0 Å². The Labute approximate surface area is 197 Å². The molecule has 0 radical (unpaired) electrons. The summed E-state index contributed by atoms with van der Waals surface area (Å²) >= 11 is 0. The van der Waals surface area contributed by atoms with Crippen LogP contribution in [0.1, 0.15) is 44.1 Å². The molecule has 1 saturated carbocycles. The molecule has 1 aliphatic carbocycles. The highest BCUT2D eigenvalue weighted by molar-refractivity contribution is 7.90. The van der Waals surface area contributed by atoms with Crippen LogP contribution in [-0.4, -0.2) is 59.9 Å². The monoisotopic (exact) mass is 491 g/mol. The second-order valence-electron chi connectivity index (χ2n) is 9.11. The van der Waals surface area contributed by atoms with Crippen LogP contribution >= 0.6 is 0 Å². The number of benzene rings is 1. The van der Waals surface area contributed by atoms with Crippen LogP contribution in [0.3, 0.4) is 0 Å². The molecule has 182 valence electrons. The van der Waals surface area contributed by atoms with E-state index in [-0.39, 0.29) is 46.9 Å². The van der Waals surface area contributed by atoms with Crippen LogP contribution in [-0.2, 0) is 14.6 Å². The summed E-state index contributed by atoms with van der Waals surface area (Å²) in [6, 6.07) is 3.43. The van der Waals surface area contributed by atoms with Crippen LogP contribution in [0.4, 0.5) is 9.18 Å². The number of carbonyl (C=O) groups excluding carboxylic acids is 1. The van der Waals surface area contributed by atoms with Gasteiger partial charge in [0.05, 0.1) is 16.5 Å². The van der Waals surface area contributed by atoms with Gasteiger partial charge in [-0.3, -0.25) is 4.90 Å². The molecular weight excluding hydrogens is 465 g/mol. The SMILES string of the molecule is Cc1c(Oc2ccc(S(C)(=O)=O)cc2F)ncnc1OC1CC2CCC1N2C(=O)OC1CCC1. The van der Waals surface area contributed by atoms with Crippen LogP contribution in [0, 0.1) is 12.7 Å². The molecule has 11 heteroatoms. The van der Waals surface area contributed by atoms with Gasteiger partial charge >= 0.3 is 6.09 Å². The van der Waals surface area contributed by atoms with Crippen molar-refractivity contribution >= 4 is 15.9 Å². The van der Waals surface area contributed by atoms with Gasteiger partial charge in [0.2, 0.25) is 11.8 Å². The number of fused-ring (bicyclic) bond motifs is 2. The van der Waals surface area contributed by atoms with Crippen molar-refractivity contribution in [3.8, 4) is 17.5 Å². The highest BCUT2D eigenvalue weighted by Crippen LogP contribution is 2.41. The van der Waals surface area contributed by atoms with Gasteiger partial charge in [-0.2, -0.15) is 0 Å². The number of amides is 1. The molecule has 2 saturated heterocycles. The minimum atomic E-state index is -3.54. The van der Waals surface area contributed by atoms with E-state index in [9.17, 15) is 17.6 Å². The molecule has 2 aromatic rings. The Balaban J connectivity index is 1.29. The van der Waals surface area contributed by atoms with E-state index in [1.54, 1.807) is 6.92 Å². The Morgan fingerprint density at radius 3 is 2.59 bits per heavy atom. The molecule has 9 nitrogen and oxygen atoms in total. The minimum absolute atomic E-state index is 0.0302. The lowest BCUT2D eigenvalue weighted by molar-refractivity contribution is 0.0201. The smallest absolute Gasteiger partial charge is 0.410 e. The van der Waals surface area contributed by atoms with Crippen molar-refractivity contribution in [3.05, 3.63) is 35.9 Å². The van der Waals surface area contributed by atoms with Crippen molar-refractivity contribution in [2.45, 2.75) is 74.6 Å². The van der Waals surface area contributed by atoms with Crippen molar-refractivity contribution in [1.82, 2.24) is 14.9 Å². The third kappa shape index (κ3) is 4.28. The average molecular weight is 492 g/mol. The summed E-state index contributed by atoms with van der Waals surface area (Å²) in [6.07, 6.45) is 7.18. The number of carbonyl (C=O) groups is 1. The summed E-state index contributed by atoms with van der Waals surface area (Å²) in [7, 11) is -3.54. The van der Waals surface area contributed by atoms with Crippen LogP contribution in [0.25, 0.3) is 0 Å². The Morgan fingerprint density at radius 1 is 1.15 bits per heavy atom. The van der Waals surface area contributed by atoms with Gasteiger partial charge in [0.15, 0.2) is 21.4 Å². The summed E-state index contributed by atoms with van der Waals surface area (Å²) in [6.45, 7) is 1.70. The number of ether oxygens (including phenoxy) is 3. The largest absolute Gasteiger partial charge is 0.472 e. The molecule has 2 aliphatic heterocycles. The fourth-order valence-electron chi connectivity index (χ4n) is 4.72. The highest BCUT2D eigenvalue weighted by Gasteiger charge is 2.51. The second-order valence-corrected chi connectivity index (χ2v) is 11.1. The van der Waals surface area contributed by atoms with Crippen LogP contribution in [0.2, 0.25) is 0 Å². The topological polar surface area (TPSA) is 108 Å². The molecule has 3 atom stereocenters. The van der Waals surface area contributed by atoms with Crippen molar-refractivity contribution in [2.24, 2.45) is 0 Å². The van der Waals surface area contributed by atoms with E-state index in [0.717, 1.165) is 44.4 Å². The Hall–Kier alpha value is -2.95. The number of hydrogen-bond donors (Lipinski definition) is 0. The van der Waals surface area contributed by atoms with Crippen LogP contribution < -0.4 is 9.47 Å². The number of nitrogens with zero attached hydrogens (tertiary/aromatic N) is 3. The molecule has 5 rings (SSSR count). The van der Waals surface area contributed by atoms with Gasteiger partial charge < -0.3 is 14.2 Å². The lowest BCUT2D eigenvalue weighted by Gasteiger charge is -2.30. The molecule has 0 N–H and O–H groups in total. The van der Waals surface area contributed by atoms with E-state index in [1.807, 2.05) is 4.90 Å². The molecule has 3 unspecified atom stereocenters. The molecule has 0 spiro atoms. The van der Waals surface area contributed by atoms with E-state index in [2.05, 4.69) is 9.97 Å². The molecular formula is C23H26FN3O6S. The summed E-state index contributed by atoms with van der Waals surface area (Å²) < 4.78 is 55.1. The van der Waals surface area contributed by atoms with Gasteiger partial charge in [0.25, 0.3) is 0 Å². The maximum Gasteiger partial charge on any atom is 0.410 e.